The van der Waals surface area contributed by atoms with Gasteiger partial charge in [0.15, 0.2) is 5.76 Å². The molecule has 1 saturated carbocycles. The Kier molecular flexibility index (Phi) is 5.22. The molecule has 26 heavy (non-hydrogen) atoms. The van der Waals surface area contributed by atoms with E-state index in [9.17, 15) is 9.59 Å². The number of benzene rings is 1. The van der Waals surface area contributed by atoms with Gasteiger partial charge in [-0.25, -0.2) is 4.79 Å². The SMILES string of the molecule is N=C(N)c1ccc2c(C(=O)NC3CCC(OCC(=O)O)CC3)occ2c1. The Bertz CT molecular complexity index is 836. The minimum Gasteiger partial charge on any atom is -0.480 e. The first kappa shape index (κ1) is 17.9. The van der Waals surface area contributed by atoms with Gasteiger partial charge in [-0.05, 0) is 37.8 Å². The zero-order valence-electron chi connectivity index (χ0n) is 14.2. The summed E-state index contributed by atoms with van der Waals surface area (Å²) < 4.78 is 10.7. The van der Waals surface area contributed by atoms with Crippen molar-refractivity contribution in [3.63, 3.8) is 0 Å². The van der Waals surface area contributed by atoms with Crippen molar-refractivity contribution in [1.82, 2.24) is 5.32 Å². The third kappa shape index (κ3) is 4.02. The summed E-state index contributed by atoms with van der Waals surface area (Å²) in [5.74, 6) is -1.07. The van der Waals surface area contributed by atoms with Crippen molar-refractivity contribution in [2.45, 2.75) is 37.8 Å². The van der Waals surface area contributed by atoms with Gasteiger partial charge < -0.3 is 25.3 Å². The van der Waals surface area contributed by atoms with Crippen LogP contribution in [-0.2, 0) is 9.53 Å². The molecule has 8 nitrogen and oxygen atoms in total. The Morgan fingerprint density at radius 3 is 2.69 bits per heavy atom. The lowest BCUT2D eigenvalue weighted by molar-refractivity contribution is -0.145. The number of carbonyl (C=O) groups excluding carboxylic acids is 1. The fourth-order valence-corrected chi connectivity index (χ4v) is 3.21. The number of nitrogens with two attached hydrogens (primary N) is 1. The summed E-state index contributed by atoms with van der Waals surface area (Å²) >= 11 is 0. The maximum atomic E-state index is 12.5. The number of aliphatic carboxylic acids is 1. The van der Waals surface area contributed by atoms with Gasteiger partial charge in [0.25, 0.3) is 5.91 Å². The standard InChI is InChI=1S/C18H21N3O5/c19-17(20)10-1-6-14-11(7-10)8-26-16(14)18(24)21-12-2-4-13(5-3-12)25-9-15(22)23/h1,6-8,12-13H,2-5,9H2,(H3,19,20)(H,21,24)(H,22,23). The highest BCUT2D eigenvalue weighted by Crippen LogP contribution is 2.25. The number of amides is 1. The number of amidine groups is 1. The molecular formula is C18H21N3O5. The van der Waals surface area contributed by atoms with Crippen molar-refractivity contribution in [2.24, 2.45) is 5.73 Å². The molecule has 0 radical (unpaired) electrons. The summed E-state index contributed by atoms with van der Waals surface area (Å²) in [5, 5.41) is 20.5. The van der Waals surface area contributed by atoms with Gasteiger partial charge in [-0.3, -0.25) is 10.2 Å². The second-order valence-corrected chi connectivity index (χ2v) is 6.43. The van der Waals surface area contributed by atoms with Gasteiger partial charge >= 0.3 is 5.97 Å². The van der Waals surface area contributed by atoms with Crippen LogP contribution in [0.15, 0.2) is 28.9 Å². The van der Waals surface area contributed by atoms with Gasteiger partial charge in [-0.15, -0.1) is 0 Å². The van der Waals surface area contributed by atoms with Gasteiger partial charge in [0.05, 0.1) is 12.4 Å². The predicted octanol–water partition coefficient (Wildman–Crippen LogP) is 1.86. The minimum atomic E-state index is -0.974. The molecule has 0 spiro atoms. The quantitative estimate of drug-likeness (QED) is 0.459. The smallest absolute Gasteiger partial charge is 0.329 e. The van der Waals surface area contributed by atoms with E-state index in [2.05, 4.69) is 5.32 Å². The molecule has 0 saturated heterocycles. The number of nitrogens with one attached hydrogen (secondary N) is 2. The summed E-state index contributed by atoms with van der Waals surface area (Å²) in [6.45, 7) is -0.289. The van der Waals surface area contributed by atoms with E-state index in [1.807, 2.05) is 0 Å². The number of hydrogen-bond donors (Lipinski definition) is 4. The molecule has 2 aromatic rings. The molecule has 3 rings (SSSR count). The average molecular weight is 359 g/mol. The molecule has 0 aliphatic heterocycles. The molecule has 1 aliphatic carbocycles. The van der Waals surface area contributed by atoms with Crippen LogP contribution in [0.2, 0.25) is 0 Å². The van der Waals surface area contributed by atoms with Crippen LogP contribution in [-0.4, -0.2) is 41.6 Å². The maximum absolute atomic E-state index is 12.5. The maximum Gasteiger partial charge on any atom is 0.329 e. The Morgan fingerprint density at radius 1 is 1.31 bits per heavy atom. The average Bonchev–Trinajstić information content (AvgIpc) is 3.04. The van der Waals surface area contributed by atoms with Gasteiger partial charge in [0.2, 0.25) is 0 Å². The van der Waals surface area contributed by atoms with Crippen molar-refractivity contribution >= 4 is 28.5 Å². The van der Waals surface area contributed by atoms with Gasteiger partial charge in [0, 0.05) is 22.4 Å². The number of furan rings is 1. The molecule has 0 atom stereocenters. The van der Waals surface area contributed by atoms with E-state index < -0.39 is 5.97 Å². The first-order valence-electron chi connectivity index (χ1n) is 8.44. The van der Waals surface area contributed by atoms with E-state index in [4.69, 9.17) is 25.4 Å². The Morgan fingerprint density at radius 2 is 2.04 bits per heavy atom. The lowest BCUT2D eigenvalue weighted by Crippen LogP contribution is -2.39. The second kappa shape index (κ2) is 7.57. The number of fused-ring (bicyclic) bond motifs is 1. The van der Waals surface area contributed by atoms with Gasteiger partial charge in [0.1, 0.15) is 12.4 Å². The third-order valence-corrected chi connectivity index (χ3v) is 4.57. The van der Waals surface area contributed by atoms with Crippen molar-refractivity contribution in [3.8, 4) is 0 Å². The molecule has 1 aromatic heterocycles. The predicted molar refractivity (Wildman–Crippen MR) is 94.3 cm³/mol. The minimum absolute atomic E-state index is 0.00354. The first-order valence-corrected chi connectivity index (χ1v) is 8.44. The highest BCUT2D eigenvalue weighted by molar-refractivity contribution is 6.07. The van der Waals surface area contributed by atoms with Crippen LogP contribution < -0.4 is 11.1 Å². The number of carboxylic acid groups (broad SMARTS) is 1. The molecule has 0 unspecified atom stereocenters. The molecule has 0 bridgehead atoms. The summed E-state index contributed by atoms with van der Waals surface area (Å²) in [5.41, 5.74) is 6.05. The largest absolute Gasteiger partial charge is 0.480 e. The van der Waals surface area contributed by atoms with Gasteiger partial charge in [-0.2, -0.15) is 0 Å². The molecule has 1 heterocycles. The fourth-order valence-electron chi connectivity index (χ4n) is 3.21. The number of carboxylic acids is 1. The topological polar surface area (TPSA) is 139 Å². The first-order chi connectivity index (χ1) is 12.4. The van der Waals surface area contributed by atoms with Crippen LogP contribution in [0.25, 0.3) is 10.8 Å². The van der Waals surface area contributed by atoms with E-state index in [0.717, 1.165) is 12.8 Å². The van der Waals surface area contributed by atoms with Crippen molar-refractivity contribution in [2.75, 3.05) is 6.61 Å². The van der Waals surface area contributed by atoms with Crippen LogP contribution in [0.1, 0.15) is 41.8 Å². The van der Waals surface area contributed by atoms with Crippen LogP contribution in [0.3, 0.4) is 0 Å². The molecular weight excluding hydrogens is 338 g/mol. The number of nitrogen functional groups attached to an aromatic ring is 1. The molecule has 1 aliphatic rings. The Labute approximate surface area is 149 Å². The number of carbonyl (C=O) groups is 2. The summed E-state index contributed by atoms with van der Waals surface area (Å²) in [6.07, 6.45) is 4.27. The van der Waals surface area contributed by atoms with Crippen LogP contribution >= 0.6 is 0 Å². The van der Waals surface area contributed by atoms with Crippen LogP contribution in [0.5, 0.6) is 0 Å². The van der Waals surface area contributed by atoms with E-state index in [1.54, 1.807) is 18.2 Å². The highest BCUT2D eigenvalue weighted by atomic mass is 16.5. The fraction of sp³-hybridized carbons (Fsp3) is 0.389. The van der Waals surface area contributed by atoms with Crippen LogP contribution in [0.4, 0.5) is 0 Å². The van der Waals surface area contributed by atoms with Crippen LogP contribution in [0, 0.1) is 5.41 Å². The normalized spacial score (nSPS) is 20.0. The molecule has 1 amide bonds. The van der Waals surface area contributed by atoms with Crippen molar-refractivity contribution in [1.29, 1.82) is 5.41 Å². The zero-order chi connectivity index (χ0) is 18.7. The second-order valence-electron chi connectivity index (χ2n) is 6.43. The van der Waals surface area contributed by atoms with E-state index >= 15 is 0 Å². The Balaban J connectivity index is 1.60. The summed E-state index contributed by atoms with van der Waals surface area (Å²) in [4.78, 5) is 23.1. The monoisotopic (exact) mass is 359 g/mol. The molecule has 138 valence electrons. The highest BCUT2D eigenvalue weighted by Gasteiger charge is 2.25. The summed E-state index contributed by atoms with van der Waals surface area (Å²) in [7, 11) is 0. The molecule has 1 fully saturated rings. The number of ether oxygens (including phenoxy) is 1. The summed E-state index contributed by atoms with van der Waals surface area (Å²) in [6, 6.07) is 5.12. The van der Waals surface area contributed by atoms with E-state index in [1.165, 1.54) is 6.26 Å². The number of hydrogen-bond acceptors (Lipinski definition) is 5. The molecule has 8 heteroatoms. The lowest BCUT2D eigenvalue weighted by Gasteiger charge is -2.28. The van der Waals surface area contributed by atoms with Gasteiger partial charge in [-0.1, -0.05) is 6.07 Å². The lowest BCUT2D eigenvalue weighted by atomic mass is 9.93. The third-order valence-electron chi connectivity index (χ3n) is 4.57. The van der Waals surface area contributed by atoms with E-state index in [0.29, 0.717) is 29.2 Å². The van der Waals surface area contributed by atoms with E-state index in [-0.39, 0.29) is 36.3 Å². The van der Waals surface area contributed by atoms with Crippen molar-refractivity contribution in [3.05, 3.63) is 35.8 Å². The molecule has 5 N–H and O–H groups in total. The van der Waals surface area contributed by atoms with Crippen molar-refractivity contribution < 1.29 is 23.8 Å². The molecule has 1 aromatic carbocycles. The number of rotatable bonds is 6. The Hall–Kier alpha value is -2.87. The zero-order valence-corrected chi connectivity index (χ0v) is 14.2.